The van der Waals surface area contributed by atoms with Crippen LogP contribution in [-0.4, -0.2) is 30.7 Å². The molecule has 0 amide bonds. The molecule has 0 aromatic heterocycles. The van der Waals surface area contributed by atoms with Gasteiger partial charge < -0.3 is 9.47 Å². The van der Waals surface area contributed by atoms with Gasteiger partial charge in [0.1, 0.15) is 10.8 Å². The fourth-order valence-electron chi connectivity index (χ4n) is 2.06. The molecule has 0 radical (unpaired) electrons. The van der Waals surface area contributed by atoms with Crippen molar-refractivity contribution in [2.75, 3.05) is 13.2 Å². The predicted molar refractivity (Wildman–Crippen MR) is 76.0 cm³/mol. The lowest BCUT2D eigenvalue weighted by molar-refractivity contribution is -0.154. The summed E-state index contributed by atoms with van der Waals surface area (Å²) in [5, 5.41) is 0.366. The Morgan fingerprint density at radius 1 is 1.38 bits per heavy atom. The molecule has 1 aliphatic heterocycles. The predicted octanol–water partition coefficient (Wildman–Crippen LogP) is 2.71. The maximum Gasteiger partial charge on any atom is 0.375 e. The van der Waals surface area contributed by atoms with Gasteiger partial charge in [-0.2, -0.15) is 0 Å². The van der Waals surface area contributed by atoms with Gasteiger partial charge in [0.25, 0.3) is 5.78 Å². The minimum Gasteiger partial charge on any atom is -0.491 e. The van der Waals surface area contributed by atoms with E-state index >= 15 is 0 Å². The largest absolute Gasteiger partial charge is 0.491 e. The second-order valence-electron chi connectivity index (χ2n) is 4.38. The lowest BCUT2D eigenvalue weighted by Gasteiger charge is -2.11. The van der Waals surface area contributed by atoms with E-state index in [2.05, 4.69) is 4.74 Å². The molecule has 0 fully saturated rings. The standard InChI is InChI=1S/C14H12Cl2O5/c1-2-20-14(19)12(18)7-5-6-21-13-8(11(7)17)3-4-9(15)10(13)16/h3-4,7H,2,5-6H2,1H3. The number of rotatable bonds is 3. The molecule has 1 aromatic carbocycles. The van der Waals surface area contributed by atoms with E-state index in [1.54, 1.807) is 6.92 Å². The fraction of sp³-hybridized carbons (Fsp3) is 0.357. The van der Waals surface area contributed by atoms with Crippen molar-refractivity contribution in [2.45, 2.75) is 13.3 Å². The summed E-state index contributed by atoms with van der Waals surface area (Å²) >= 11 is 11.9. The fourth-order valence-corrected chi connectivity index (χ4v) is 2.43. The highest BCUT2D eigenvalue weighted by Gasteiger charge is 2.37. The van der Waals surface area contributed by atoms with E-state index in [0.29, 0.717) is 0 Å². The molecule has 0 saturated heterocycles. The van der Waals surface area contributed by atoms with Crippen molar-refractivity contribution in [1.82, 2.24) is 0 Å². The average molecular weight is 331 g/mol. The van der Waals surface area contributed by atoms with Gasteiger partial charge >= 0.3 is 5.97 Å². The average Bonchev–Trinajstić information content (AvgIpc) is 2.62. The smallest absolute Gasteiger partial charge is 0.375 e. The van der Waals surface area contributed by atoms with Gasteiger partial charge in [-0.05, 0) is 25.5 Å². The molecular weight excluding hydrogens is 319 g/mol. The molecule has 1 unspecified atom stereocenters. The third-order valence-corrected chi connectivity index (χ3v) is 3.86. The van der Waals surface area contributed by atoms with Crippen molar-refractivity contribution in [2.24, 2.45) is 5.92 Å². The molecule has 0 N–H and O–H groups in total. The maximum absolute atomic E-state index is 12.4. The number of carbonyl (C=O) groups is 3. The third-order valence-electron chi connectivity index (χ3n) is 3.08. The molecule has 1 heterocycles. The van der Waals surface area contributed by atoms with Crippen molar-refractivity contribution in [1.29, 1.82) is 0 Å². The zero-order chi connectivity index (χ0) is 15.6. The topological polar surface area (TPSA) is 69.7 Å². The van der Waals surface area contributed by atoms with Crippen LogP contribution in [-0.2, 0) is 14.3 Å². The molecule has 0 aliphatic carbocycles. The Hall–Kier alpha value is -1.59. The summed E-state index contributed by atoms with van der Waals surface area (Å²) < 4.78 is 10.1. The van der Waals surface area contributed by atoms with Gasteiger partial charge in [-0.1, -0.05) is 23.2 Å². The Balaban J connectivity index is 2.36. The summed E-state index contributed by atoms with van der Waals surface area (Å²) in [6, 6.07) is 2.88. The zero-order valence-corrected chi connectivity index (χ0v) is 12.7. The van der Waals surface area contributed by atoms with Gasteiger partial charge in [-0.25, -0.2) is 4.79 Å². The van der Waals surface area contributed by atoms with Crippen molar-refractivity contribution >= 4 is 40.7 Å². The van der Waals surface area contributed by atoms with Crippen LogP contribution in [0.25, 0.3) is 0 Å². The number of fused-ring (bicyclic) bond motifs is 1. The van der Waals surface area contributed by atoms with E-state index in [1.165, 1.54) is 12.1 Å². The molecule has 2 rings (SSSR count). The second-order valence-corrected chi connectivity index (χ2v) is 5.16. The highest BCUT2D eigenvalue weighted by Crippen LogP contribution is 2.38. The van der Waals surface area contributed by atoms with E-state index in [4.69, 9.17) is 27.9 Å². The van der Waals surface area contributed by atoms with Crippen molar-refractivity contribution < 1.29 is 23.9 Å². The number of halogens is 2. The molecule has 0 saturated carbocycles. The molecule has 0 bridgehead atoms. The second kappa shape index (κ2) is 6.45. The highest BCUT2D eigenvalue weighted by molar-refractivity contribution is 6.44. The van der Waals surface area contributed by atoms with E-state index in [-0.39, 0.29) is 41.0 Å². The summed E-state index contributed by atoms with van der Waals surface area (Å²) in [6.45, 7) is 1.73. The van der Waals surface area contributed by atoms with Crippen molar-refractivity contribution in [3.63, 3.8) is 0 Å². The van der Waals surface area contributed by atoms with E-state index in [9.17, 15) is 14.4 Å². The number of esters is 1. The number of benzene rings is 1. The Labute approximate surface area is 131 Å². The number of Topliss-reactive ketones (excluding diaryl/α,β-unsaturated/α-hetero) is 2. The minimum atomic E-state index is -1.12. The lowest BCUT2D eigenvalue weighted by Crippen LogP contribution is -2.31. The first-order valence-electron chi connectivity index (χ1n) is 6.33. The number of ether oxygens (including phenoxy) is 2. The van der Waals surface area contributed by atoms with Gasteiger partial charge in [-0.15, -0.1) is 0 Å². The minimum absolute atomic E-state index is 0.0695. The van der Waals surface area contributed by atoms with Crippen molar-refractivity contribution in [3.05, 3.63) is 27.7 Å². The van der Waals surface area contributed by atoms with E-state index in [1.807, 2.05) is 0 Å². The summed E-state index contributed by atoms with van der Waals surface area (Å²) in [5.74, 6) is -3.38. The first-order chi connectivity index (χ1) is 9.97. The van der Waals surface area contributed by atoms with Crippen LogP contribution in [0.3, 0.4) is 0 Å². The van der Waals surface area contributed by atoms with Gasteiger partial charge in [0.2, 0.25) is 0 Å². The van der Waals surface area contributed by atoms with Gasteiger partial charge in [0, 0.05) is 0 Å². The van der Waals surface area contributed by atoms with Crippen LogP contribution >= 0.6 is 23.2 Å². The van der Waals surface area contributed by atoms with Gasteiger partial charge in [0.05, 0.1) is 29.7 Å². The van der Waals surface area contributed by atoms with Crippen LogP contribution in [0.1, 0.15) is 23.7 Å². The van der Waals surface area contributed by atoms with Crippen LogP contribution in [0.4, 0.5) is 0 Å². The Morgan fingerprint density at radius 2 is 2.10 bits per heavy atom. The van der Waals surface area contributed by atoms with Crippen LogP contribution < -0.4 is 4.74 Å². The molecule has 21 heavy (non-hydrogen) atoms. The summed E-state index contributed by atoms with van der Waals surface area (Å²) in [4.78, 5) is 36.0. The van der Waals surface area contributed by atoms with Crippen LogP contribution in [0.15, 0.2) is 12.1 Å². The van der Waals surface area contributed by atoms with Crippen LogP contribution in [0, 0.1) is 5.92 Å². The lowest BCUT2D eigenvalue weighted by atomic mass is 9.91. The Kier molecular flexibility index (Phi) is 4.85. The van der Waals surface area contributed by atoms with Crippen molar-refractivity contribution in [3.8, 4) is 5.75 Å². The molecule has 5 nitrogen and oxygen atoms in total. The first-order valence-corrected chi connectivity index (χ1v) is 7.09. The van der Waals surface area contributed by atoms with Crippen LogP contribution in [0.2, 0.25) is 10.0 Å². The monoisotopic (exact) mass is 330 g/mol. The third kappa shape index (κ3) is 3.04. The first kappa shape index (κ1) is 15.8. The number of hydrogen-bond donors (Lipinski definition) is 0. The molecule has 112 valence electrons. The quantitative estimate of drug-likeness (QED) is 0.484. The highest BCUT2D eigenvalue weighted by atomic mass is 35.5. The summed E-state index contributed by atoms with van der Waals surface area (Å²) in [6.07, 6.45) is 0.0824. The molecule has 1 aliphatic rings. The molecular formula is C14H12Cl2O5. The number of hydrogen-bond acceptors (Lipinski definition) is 5. The summed E-state index contributed by atoms with van der Waals surface area (Å²) in [5.41, 5.74) is 0.143. The van der Waals surface area contributed by atoms with E-state index < -0.39 is 23.5 Å². The van der Waals surface area contributed by atoms with Gasteiger partial charge in [0.15, 0.2) is 5.78 Å². The van der Waals surface area contributed by atoms with E-state index in [0.717, 1.165) is 0 Å². The van der Waals surface area contributed by atoms with Crippen LogP contribution in [0.5, 0.6) is 5.75 Å². The zero-order valence-electron chi connectivity index (χ0n) is 11.2. The molecule has 1 aromatic rings. The molecule has 1 atom stereocenters. The Morgan fingerprint density at radius 3 is 2.76 bits per heavy atom. The molecule has 0 spiro atoms. The number of ketones is 2. The Bertz CT molecular complexity index is 612. The molecule has 7 heteroatoms. The van der Waals surface area contributed by atoms with Gasteiger partial charge in [-0.3, -0.25) is 9.59 Å². The summed E-state index contributed by atoms with van der Waals surface area (Å²) in [7, 11) is 0. The SMILES string of the molecule is CCOC(=O)C(=O)C1CCOc2c(ccc(Cl)c2Cl)C1=O. The normalized spacial score (nSPS) is 17.5. The number of carbonyl (C=O) groups excluding carboxylic acids is 3. The maximum atomic E-state index is 12.4.